The first kappa shape index (κ1) is 21.5. The second-order valence-electron chi connectivity index (χ2n) is 7.30. The van der Waals surface area contributed by atoms with Gasteiger partial charge in [0.25, 0.3) is 4.90 Å². The Labute approximate surface area is 194 Å². The van der Waals surface area contributed by atoms with Crippen LogP contribution in [0.2, 0.25) is 0 Å². The van der Waals surface area contributed by atoms with Gasteiger partial charge in [-0.1, -0.05) is 18.2 Å². The van der Waals surface area contributed by atoms with E-state index in [1.165, 1.54) is 23.5 Å². The van der Waals surface area contributed by atoms with Crippen LogP contribution in [0.3, 0.4) is 0 Å². The van der Waals surface area contributed by atoms with Gasteiger partial charge >= 0.3 is 18.0 Å². The molecule has 4 aromatic rings. The van der Waals surface area contributed by atoms with E-state index in [2.05, 4.69) is 20.0 Å². The third-order valence-electron chi connectivity index (χ3n) is 5.11. The highest BCUT2D eigenvalue weighted by Crippen LogP contribution is 2.44. The number of ether oxygens (including phenoxy) is 1. The van der Waals surface area contributed by atoms with E-state index in [1.807, 2.05) is 12.1 Å². The molecule has 10 heteroatoms. The highest BCUT2D eigenvalue weighted by Gasteiger charge is 2.32. The molecule has 0 amide bonds. The van der Waals surface area contributed by atoms with Crippen molar-refractivity contribution in [3.05, 3.63) is 71.2 Å². The zero-order valence-corrected chi connectivity index (χ0v) is 18.5. The van der Waals surface area contributed by atoms with Crippen molar-refractivity contribution in [2.24, 2.45) is 0 Å². The molecule has 0 radical (unpaired) electrons. The van der Waals surface area contributed by atoms with Gasteiger partial charge in [-0.25, -0.2) is 9.97 Å². The van der Waals surface area contributed by atoms with Crippen molar-refractivity contribution in [2.75, 3.05) is 5.32 Å². The second kappa shape index (κ2) is 8.53. The van der Waals surface area contributed by atoms with Gasteiger partial charge in [-0.3, -0.25) is 0 Å². The smallest absolute Gasteiger partial charge is 0.405 e. The van der Waals surface area contributed by atoms with Gasteiger partial charge in [-0.2, -0.15) is 0 Å². The number of rotatable bonds is 5. The molecule has 166 valence electrons. The lowest BCUT2D eigenvalue weighted by molar-refractivity contribution is -0.274. The summed E-state index contributed by atoms with van der Waals surface area (Å²) in [4.78, 5) is 11.4. The number of benzene rings is 2. The van der Waals surface area contributed by atoms with Gasteiger partial charge in [0.1, 0.15) is 5.75 Å². The third-order valence-corrected chi connectivity index (χ3v) is 6.79. The number of anilines is 2. The second-order valence-corrected chi connectivity index (χ2v) is 9.07. The van der Waals surface area contributed by atoms with Crippen LogP contribution in [-0.2, 0) is 28.7 Å². The van der Waals surface area contributed by atoms with Crippen molar-refractivity contribution in [1.29, 1.82) is 0 Å². The Hall–Kier alpha value is -3.37. The molecule has 0 saturated carbocycles. The molecule has 2 heterocycles. The van der Waals surface area contributed by atoms with Crippen molar-refractivity contribution in [3.8, 4) is 27.4 Å². The maximum absolute atomic E-state index is 12.9. The van der Waals surface area contributed by atoms with Gasteiger partial charge in [0.15, 0.2) is 0 Å². The molecule has 0 unspecified atom stereocenters. The van der Waals surface area contributed by atoms with Gasteiger partial charge in [0, 0.05) is 49.1 Å². The van der Waals surface area contributed by atoms with Crippen molar-refractivity contribution in [1.82, 2.24) is 9.97 Å². The number of aromatic nitrogens is 2. The van der Waals surface area contributed by atoms with Gasteiger partial charge in [-0.05, 0) is 42.7 Å². The van der Waals surface area contributed by atoms with Crippen LogP contribution in [0.25, 0.3) is 21.7 Å². The van der Waals surface area contributed by atoms with Gasteiger partial charge < -0.3 is 10.1 Å². The molecule has 0 atom stereocenters. The summed E-state index contributed by atoms with van der Waals surface area (Å²) >= 11 is 1.84. The summed E-state index contributed by atoms with van der Waals surface area (Å²) in [6, 6.07) is 15.0. The van der Waals surface area contributed by atoms with E-state index in [0.29, 0.717) is 38.6 Å². The summed E-state index contributed by atoms with van der Waals surface area (Å²) in [7, 11) is 0. The van der Waals surface area contributed by atoms with Crippen LogP contribution in [0.1, 0.15) is 10.4 Å². The normalized spacial score (nSPS) is 12.6. The van der Waals surface area contributed by atoms with E-state index < -0.39 is 6.36 Å². The molecule has 0 aliphatic heterocycles. The minimum Gasteiger partial charge on any atom is -0.405 e. The predicted molar refractivity (Wildman–Crippen MR) is 121 cm³/mol. The SMILES string of the molecule is O=[S+]c1cccc(Nc2ncc3c(n2)-c2cc(-c4ccccc4OC(F)(F)F)sc2CC3)c1. The lowest BCUT2D eigenvalue weighted by atomic mass is 9.96. The van der Waals surface area contributed by atoms with Crippen LogP contribution < -0.4 is 10.1 Å². The Morgan fingerprint density at radius 3 is 2.70 bits per heavy atom. The van der Waals surface area contributed by atoms with E-state index in [4.69, 9.17) is 0 Å². The molecule has 5 nitrogen and oxygen atoms in total. The first-order valence-electron chi connectivity index (χ1n) is 9.91. The Morgan fingerprint density at radius 2 is 1.88 bits per heavy atom. The lowest BCUT2D eigenvalue weighted by Gasteiger charge is -2.15. The predicted octanol–water partition coefficient (Wildman–Crippen LogP) is 6.40. The topological polar surface area (TPSA) is 64.1 Å². The number of thiophene rings is 1. The number of aryl methyl sites for hydroxylation is 2. The van der Waals surface area contributed by atoms with Crippen molar-refractivity contribution in [2.45, 2.75) is 24.1 Å². The van der Waals surface area contributed by atoms with Gasteiger partial charge in [0.2, 0.25) is 5.95 Å². The first-order chi connectivity index (χ1) is 15.9. The molecular weight excluding hydrogens is 471 g/mol. The third kappa shape index (κ3) is 4.57. The van der Waals surface area contributed by atoms with Crippen LogP contribution in [0.4, 0.5) is 24.8 Å². The summed E-state index contributed by atoms with van der Waals surface area (Å²) in [5.41, 5.74) is 3.68. The quantitative estimate of drug-likeness (QED) is 0.331. The average Bonchev–Trinajstić information content (AvgIpc) is 3.23. The molecule has 33 heavy (non-hydrogen) atoms. The molecule has 1 aliphatic carbocycles. The largest absolute Gasteiger partial charge is 0.573 e. The van der Waals surface area contributed by atoms with Crippen LogP contribution in [0.5, 0.6) is 5.75 Å². The molecule has 0 saturated heterocycles. The Kier molecular flexibility index (Phi) is 5.55. The van der Waals surface area contributed by atoms with Crippen LogP contribution in [0, 0.1) is 0 Å². The molecule has 2 aromatic heterocycles. The molecule has 0 spiro atoms. The number of para-hydroxylation sites is 1. The Morgan fingerprint density at radius 1 is 1.03 bits per heavy atom. The number of fused-ring (bicyclic) bond motifs is 3. The fraction of sp³-hybridized carbons (Fsp3) is 0.130. The average molecular weight is 487 g/mol. The Balaban J connectivity index is 1.51. The fourth-order valence-corrected chi connectivity index (χ4v) is 5.22. The minimum atomic E-state index is -4.77. The van der Waals surface area contributed by atoms with Crippen molar-refractivity contribution in [3.63, 3.8) is 0 Å². The van der Waals surface area contributed by atoms with E-state index in [1.54, 1.807) is 36.5 Å². The fourth-order valence-electron chi connectivity index (χ4n) is 3.72. The summed E-state index contributed by atoms with van der Waals surface area (Å²) < 4.78 is 53.9. The van der Waals surface area contributed by atoms with E-state index in [-0.39, 0.29) is 5.75 Å². The number of hydrogen-bond acceptors (Lipinski definition) is 6. The number of nitrogens with one attached hydrogen (secondary N) is 1. The molecule has 1 N–H and O–H groups in total. The molecule has 2 aromatic carbocycles. The maximum atomic E-state index is 12.9. The Bertz CT molecular complexity index is 1360. The zero-order chi connectivity index (χ0) is 23.0. The molecule has 0 bridgehead atoms. The molecule has 0 fully saturated rings. The van der Waals surface area contributed by atoms with E-state index in [0.717, 1.165) is 34.5 Å². The van der Waals surface area contributed by atoms with Gasteiger partial charge in [-0.15, -0.1) is 24.5 Å². The number of nitrogens with zero attached hydrogens (tertiary/aromatic N) is 2. The summed E-state index contributed by atoms with van der Waals surface area (Å²) in [6.45, 7) is 0. The minimum absolute atomic E-state index is 0.231. The highest BCUT2D eigenvalue weighted by molar-refractivity contribution is 7.65. The number of alkyl halides is 3. The van der Waals surface area contributed by atoms with Gasteiger partial charge in [0.05, 0.1) is 5.69 Å². The van der Waals surface area contributed by atoms with Crippen LogP contribution in [0.15, 0.2) is 65.7 Å². The van der Waals surface area contributed by atoms with Crippen molar-refractivity contribution >= 4 is 34.6 Å². The summed E-state index contributed by atoms with van der Waals surface area (Å²) in [5.74, 6) is 0.146. The van der Waals surface area contributed by atoms with Crippen LogP contribution >= 0.6 is 11.3 Å². The monoisotopic (exact) mass is 486 g/mol. The highest BCUT2D eigenvalue weighted by atomic mass is 32.1. The maximum Gasteiger partial charge on any atom is 0.573 e. The zero-order valence-electron chi connectivity index (χ0n) is 16.8. The standard InChI is InChI=1S/C23H15F3N3O2S2/c24-23(25,26)31-18-7-2-1-6-16(18)20-11-17-19(32-20)9-8-13-12-27-22(29-21(13)17)28-14-4-3-5-15(10-14)33-30/h1-7,10-12H,8-9H2,(H,27,28,29)/q+1. The summed E-state index contributed by atoms with van der Waals surface area (Å²) in [6.07, 6.45) is -1.51. The van der Waals surface area contributed by atoms with E-state index in [9.17, 15) is 17.4 Å². The molecule has 1 aliphatic rings. The van der Waals surface area contributed by atoms with E-state index >= 15 is 0 Å². The van der Waals surface area contributed by atoms with Crippen LogP contribution in [-0.4, -0.2) is 16.3 Å². The van der Waals surface area contributed by atoms with Crippen molar-refractivity contribution < 1.29 is 22.1 Å². The lowest BCUT2D eigenvalue weighted by Crippen LogP contribution is -2.17. The molecule has 5 rings (SSSR count). The first-order valence-corrected chi connectivity index (χ1v) is 11.5. The number of hydrogen-bond donors (Lipinski definition) is 1. The summed E-state index contributed by atoms with van der Waals surface area (Å²) in [5, 5.41) is 3.12. The molecular formula is C23H15F3N3O2S2+. The number of halogens is 3.